The average molecular weight is 211 g/mol. The fraction of sp³-hybridized carbons (Fsp3) is 0.727. The zero-order valence-corrected chi connectivity index (χ0v) is 9.92. The molecule has 0 saturated carbocycles. The molecule has 0 saturated heterocycles. The molecule has 4 nitrogen and oxygen atoms in total. The van der Waals surface area contributed by atoms with Crippen molar-refractivity contribution in [2.75, 3.05) is 5.73 Å². The summed E-state index contributed by atoms with van der Waals surface area (Å²) in [5.74, 6) is 0. The second-order valence-electron chi connectivity index (χ2n) is 3.71. The van der Waals surface area contributed by atoms with Crippen LogP contribution in [0.15, 0.2) is 4.79 Å². The predicted octanol–water partition coefficient (Wildman–Crippen LogP) is 1.61. The molecule has 0 aliphatic carbocycles. The summed E-state index contributed by atoms with van der Waals surface area (Å²) in [7, 11) is 0. The molecule has 2 N–H and O–H groups in total. The first-order valence-electron chi connectivity index (χ1n) is 5.75. The van der Waals surface area contributed by atoms with E-state index in [1.165, 1.54) is 0 Å². The number of hydrogen-bond acceptors (Lipinski definition) is 2. The van der Waals surface area contributed by atoms with Crippen molar-refractivity contribution in [1.29, 1.82) is 0 Å². The molecular weight excluding hydrogens is 190 g/mol. The van der Waals surface area contributed by atoms with Crippen molar-refractivity contribution >= 4 is 5.69 Å². The molecule has 4 heteroatoms. The van der Waals surface area contributed by atoms with E-state index < -0.39 is 0 Å². The molecule has 0 unspecified atom stereocenters. The summed E-state index contributed by atoms with van der Waals surface area (Å²) < 4.78 is 3.78. The Labute approximate surface area is 90.7 Å². The summed E-state index contributed by atoms with van der Waals surface area (Å²) >= 11 is 0. The van der Waals surface area contributed by atoms with E-state index in [1.807, 2.05) is 18.5 Å². The van der Waals surface area contributed by atoms with Gasteiger partial charge in [0, 0.05) is 13.1 Å². The summed E-state index contributed by atoms with van der Waals surface area (Å²) in [6.45, 7) is 7.77. The number of nitrogens with zero attached hydrogens (tertiary/aromatic N) is 2. The molecular formula is C11H21N3O. The highest BCUT2D eigenvalue weighted by atomic mass is 16.1. The zero-order chi connectivity index (χ0) is 11.4. The average Bonchev–Trinajstić information content (AvgIpc) is 2.48. The number of hydrogen-bond donors (Lipinski definition) is 1. The number of nitrogen functional groups attached to an aromatic ring is 1. The van der Waals surface area contributed by atoms with E-state index in [9.17, 15) is 4.79 Å². The molecule has 0 aliphatic heterocycles. The van der Waals surface area contributed by atoms with Crippen LogP contribution in [0.2, 0.25) is 0 Å². The molecule has 0 atom stereocenters. The molecule has 1 heterocycles. The zero-order valence-electron chi connectivity index (χ0n) is 9.92. The van der Waals surface area contributed by atoms with Gasteiger partial charge in [-0.05, 0) is 19.8 Å². The second kappa shape index (κ2) is 5.05. The van der Waals surface area contributed by atoms with Crippen molar-refractivity contribution in [1.82, 2.24) is 9.36 Å². The quantitative estimate of drug-likeness (QED) is 0.804. The highest BCUT2D eigenvalue weighted by Crippen LogP contribution is 2.10. The molecule has 1 rings (SSSR count). The van der Waals surface area contributed by atoms with E-state index in [0.717, 1.165) is 38.0 Å². The molecule has 1 aromatic heterocycles. The third-order valence-corrected chi connectivity index (χ3v) is 2.74. The lowest BCUT2D eigenvalue weighted by Crippen LogP contribution is -2.23. The van der Waals surface area contributed by atoms with Gasteiger partial charge in [0.1, 0.15) is 5.69 Å². The number of aromatic nitrogens is 2. The third-order valence-electron chi connectivity index (χ3n) is 2.74. The van der Waals surface area contributed by atoms with Gasteiger partial charge in [0.2, 0.25) is 0 Å². The van der Waals surface area contributed by atoms with Gasteiger partial charge in [-0.2, -0.15) is 0 Å². The molecule has 1 aromatic rings. The Morgan fingerprint density at radius 3 is 2.33 bits per heavy atom. The minimum Gasteiger partial charge on any atom is -0.393 e. The fourth-order valence-electron chi connectivity index (χ4n) is 1.92. The maximum Gasteiger partial charge on any atom is 0.290 e. The van der Waals surface area contributed by atoms with Crippen molar-refractivity contribution < 1.29 is 0 Å². The maximum atomic E-state index is 11.9. The van der Waals surface area contributed by atoms with Crippen molar-refractivity contribution in [3.05, 3.63) is 16.0 Å². The Hall–Kier alpha value is -1.19. The number of nitrogens with two attached hydrogens (primary N) is 1. The van der Waals surface area contributed by atoms with Crippen LogP contribution in [0.3, 0.4) is 0 Å². The first kappa shape index (κ1) is 11.9. The van der Waals surface area contributed by atoms with Crippen LogP contribution in [0, 0.1) is 0 Å². The van der Waals surface area contributed by atoms with Crippen LogP contribution in [0.25, 0.3) is 0 Å². The van der Waals surface area contributed by atoms with Gasteiger partial charge < -0.3 is 5.73 Å². The summed E-state index contributed by atoms with van der Waals surface area (Å²) in [6, 6.07) is 0. The van der Waals surface area contributed by atoms with Crippen LogP contribution in [0.5, 0.6) is 0 Å². The first-order valence-corrected chi connectivity index (χ1v) is 5.75. The van der Waals surface area contributed by atoms with Crippen molar-refractivity contribution in [2.24, 2.45) is 0 Å². The minimum atomic E-state index is -0.0258. The van der Waals surface area contributed by atoms with Crippen molar-refractivity contribution in [3.8, 4) is 0 Å². The Morgan fingerprint density at radius 1 is 1.20 bits per heavy atom. The van der Waals surface area contributed by atoms with Crippen LogP contribution in [-0.2, 0) is 19.5 Å². The van der Waals surface area contributed by atoms with Crippen molar-refractivity contribution in [2.45, 2.75) is 53.1 Å². The van der Waals surface area contributed by atoms with Crippen molar-refractivity contribution in [3.63, 3.8) is 0 Å². The molecule has 0 fully saturated rings. The van der Waals surface area contributed by atoms with E-state index in [0.29, 0.717) is 5.69 Å². The summed E-state index contributed by atoms with van der Waals surface area (Å²) in [5, 5.41) is 0. The van der Waals surface area contributed by atoms with Crippen LogP contribution in [-0.4, -0.2) is 9.36 Å². The van der Waals surface area contributed by atoms with E-state index in [2.05, 4.69) is 6.92 Å². The standard InChI is InChI=1S/C11H21N3O/c1-4-7-8-14-11(15)10(12)9(5-2)13(14)6-3/h4-8,12H2,1-3H3. The van der Waals surface area contributed by atoms with Crippen LogP contribution in [0.1, 0.15) is 39.3 Å². The van der Waals surface area contributed by atoms with Gasteiger partial charge in [0.25, 0.3) is 5.56 Å². The van der Waals surface area contributed by atoms with Gasteiger partial charge in [-0.1, -0.05) is 20.3 Å². The van der Waals surface area contributed by atoms with Gasteiger partial charge in [-0.25, -0.2) is 4.68 Å². The molecule has 0 bridgehead atoms. The smallest absolute Gasteiger partial charge is 0.290 e. The van der Waals surface area contributed by atoms with Crippen LogP contribution in [0.4, 0.5) is 5.69 Å². The van der Waals surface area contributed by atoms with E-state index >= 15 is 0 Å². The lowest BCUT2D eigenvalue weighted by Gasteiger charge is -2.11. The highest BCUT2D eigenvalue weighted by Gasteiger charge is 2.14. The molecule has 0 aliphatic rings. The second-order valence-corrected chi connectivity index (χ2v) is 3.71. The third kappa shape index (κ3) is 2.08. The molecule has 0 radical (unpaired) electrons. The molecule has 86 valence electrons. The van der Waals surface area contributed by atoms with E-state index in [1.54, 1.807) is 4.68 Å². The van der Waals surface area contributed by atoms with Gasteiger partial charge in [0.15, 0.2) is 0 Å². The van der Waals surface area contributed by atoms with Gasteiger partial charge in [0.05, 0.1) is 5.69 Å². The Kier molecular flexibility index (Phi) is 4.00. The molecule has 15 heavy (non-hydrogen) atoms. The monoisotopic (exact) mass is 211 g/mol. The molecule has 0 spiro atoms. The topological polar surface area (TPSA) is 52.9 Å². The Balaban J connectivity index is 3.18. The molecule has 0 aromatic carbocycles. The number of rotatable bonds is 5. The minimum absolute atomic E-state index is 0.0258. The van der Waals surface area contributed by atoms with E-state index in [-0.39, 0.29) is 5.56 Å². The number of anilines is 1. The first-order chi connectivity index (χ1) is 7.17. The van der Waals surface area contributed by atoms with Crippen LogP contribution < -0.4 is 11.3 Å². The Morgan fingerprint density at radius 2 is 1.87 bits per heavy atom. The summed E-state index contributed by atoms with van der Waals surface area (Å²) in [4.78, 5) is 11.9. The van der Waals surface area contributed by atoms with Gasteiger partial charge >= 0.3 is 0 Å². The maximum absolute atomic E-state index is 11.9. The SMILES string of the molecule is CCCCn1c(=O)c(N)c(CC)n1CC. The normalized spacial score (nSPS) is 10.9. The summed E-state index contributed by atoms with van der Waals surface area (Å²) in [5.41, 5.74) is 7.18. The lowest BCUT2D eigenvalue weighted by molar-refractivity contribution is 0.432. The Bertz CT molecular complexity index is 376. The van der Waals surface area contributed by atoms with E-state index in [4.69, 9.17) is 5.73 Å². The van der Waals surface area contributed by atoms with Crippen LogP contribution >= 0.6 is 0 Å². The van der Waals surface area contributed by atoms with Gasteiger partial charge in [-0.15, -0.1) is 0 Å². The fourth-order valence-corrected chi connectivity index (χ4v) is 1.92. The molecule has 0 amide bonds. The number of unbranched alkanes of at least 4 members (excludes halogenated alkanes) is 1. The highest BCUT2D eigenvalue weighted by molar-refractivity contribution is 5.41. The largest absolute Gasteiger partial charge is 0.393 e. The summed E-state index contributed by atoms with van der Waals surface area (Å²) in [6.07, 6.45) is 2.92. The predicted molar refractivity (Wildman–Crippen MR) is 63.1 cm³/mol. The van der Waals surface area contributed by atoms with Gasteiger partial charge in [-0.3, -0.25) is 9.48 Å². The lowest BCUT2D eigenvalue weighted by atomic mass is 10.3.